The van der Waals surface area contributed by atoms with Crippen LogP contribution in [0.25, 0.3) is 6.08 Å². The number of sulfonamides is 2. The molecule has 0 spiro atoms. The zero-order chi connectivity index (χ0) is 25.8. The Labute approximate surface area is 209 Å². The second-order valence-corrected chi connectivity index (χ2v) is 11.5. The van der Waals surface area contributed by atoms with Crippen LogP contribution in [-0.4, -0.2) is 52.2 Å². The van der Waals surface area contributed by atoms with Crippen LogP contribution in [0.3, 0.4) is 0 Å². The minimum Gasteiger partial charge on any atom is -0.363 e. The molecule has 1 N–H and O–H groups in total. The lowest BCUT2D eigenvalue weighted by atomic mass is 10.2. The topological polar surface area (TPSA) is 130 Å². The van der Waals surface area contributed by atoms with Crippen molar-refractivity contribution < 1.29 is 21.8 Å². The maximum absolute atomic E-state index is 12.8. The predicted octanol–water partition coefficient (Wildman–Crippen LogP) is 3.52. The third kappa shape index (κ3) is 5.90. The van der Waals surface area contributed by atoms with Gasteiger partial charge in [-0.3, -0.25) is 14.8 Å². The monoisotopic (exact) mass is 528 g/mol. The molecule has 0 amide bonds. The van der Waals surface area contributed by atoms with Crippen molar-refractivity contribution in [1.82, 2.24) is 4.31 Å². The summed E-state index contributed by atoms with van der Waals surface area (Å²) < 4.78 is 54.7. The molecule has 188 valence electrons. The van der Waals surface area contributed by atoms with Gasteiger partial charge < -0.3 is 4.90 Å². The molecule has 0 aromatic heterocycles. The van der Waals surface area contributed by atoms with E-state index in [0.717, 1.165) is 17.0 Å². The van der Waals surface area contributed by atoms with E-state index in [4.69, 9.17) is 0 Å². The molecule has 1 saturated heterocycles. The maximum Gasteiger partial charge on any atom is 0.293 e. The molecule has 36 heavy (non-hydrogen) atoms. The Hall–Kier alpha value is -3.74. The van der Waals surface area contributed by atoms with Crippen molar-refractivity contribution in [2.24, 2.45) is 0 Å². The molecule has 0 aliphatic carbocycles. The van der Waals surface area contributed by atoms with E-state index in [1.54, 1.807) is 47.4 Å². The summed E-state index contributed by atoms with van der Waals surface area (Å²) in [6.45, 7) is 0.698. The smallest absolute Gasteiger partial charge is 0.293 e. The van der Waals surface area contributed by atoms with Crippen LogP contribution < -0.4 is 9.62 Å². The van der Waals surface area contributed by atoms with Crippen LogP contribution >= 0.6 is 0 Å². The molecule has 12 heteroatoms. The standard InChI is InChI=1S/C24H24N4O6S2/c29-28(30)24-19-22(36(33,34)25-21-9-5-2-6-10-21)11-12-23(24)26-14-16-27(17-15-26)35(31,32)18-13-20-7-3-1-4-8-20/h1-13,18-19,25H,14-17H2. The van der Waals surface area contributed by atoms with Crippen LogP contribution in [0.1, 0.15) is 5.56 Å². The number of anilines is 2. The first-order valence-electron chi connectivity index (χ1n) is 11.0. The summed E-state index contributed by atoms with van der Waals surface area (Å²) >= 11 is 0. The number of hydrogen-bond donors (Lipinski definition) is 1. The van der Waals surface area contributed by atoms with Gasteiger partial charge in [-0.05, 0) is 35.9 Å². The van der Waals surface area contributed by atoms with Gasteiger partial charge in [0.05, 0.1) is 9.82 Å². The number of piperazine rings is 1. The van der Waals surface area contributed by atoms with Gasteiger partial charge in [0.25, 0.3) is 15.7 Å². The number of hydrogen-bond acceptors (Lipinski definition) is 7. The van der Waals surface area contributed by atoms with Gasteiger partial charge in [0.15, 0.2) is 0 Å². The third-order valence-electron chi connectivity index (χ3n) is 5.65. The second kappa shape index (κ2) is 10.5. The molecular weight excluding hydrogens is 504 g/mol. The molecule has 0 bridgehead atoms. The molecule has 1 aliphatic heterocycles. The van der Waals surface area contributed by atoms with Crippen molar-refractivity contribution in [2.45, 2.75) is 4.90 Å². The fourth-order valence-corrected chi connectivity index (χ4v) is 6.05. The van der Waals surface area contributed by atoms with Crippen LogP contribution in [0, 0.1) is 10.1 Å². The van der Waals surface area contributed by atoms with Crippen LogP contribution in [0.5, 0.6) is 0 Å². The van der Waals surface area contributed by atoms with E-state index < -0.39 is 25.0 Å². The van der Waals surface area contributed by atoms with E-state index in [1.807, 2.05) is 18.2 Å². The highest BCUT2D eigenvalue weighted by molar-refractivity contribution is 7.92. The van der Waals surface area contributed by atoms with Gasteiger partial charge in [-0.1, -0.05) is 48.5 Å². The lowest BCUT2D eigenvalue weighted by Gasteiger charge is -2.34. The Balaban J connectivity index is 1.49. The fraction of sp³-hybridized carbons (Fsp3) is 0.167. The van der Waals surface area contributed by atoms with Crippen molar-refractivity contribution in [3.05, 3.63) is 99.9 Å². The molecule has 1 fully saturated rings. The molecule has 3 aromatic rings. The summed E-state index contributed by atoms with van der Waals surface area (Å²) in [7, 11) is -7.71. The molecule has 10 nitrogen and oxygen atoms in total. The fourth-order valence-electron chi connectivity index (χ4n) is 3.80. The van der Waals surface area contributed by atoms with E-state index in [0.29, 0.717) is 5.69 Å². The summed E-state index contributed by atoms with van der Waals surface area (Å²) in [6.07, 6.45) is 1.52. The van der Waals surface area contributed by atoms with Gasteiger partial charge in [0, 0.05) is 43.3 Å². The highest BCUT2D eigenvalue weighted by Gasteiger charge is 2.29. The Morgan fingerprint density at radius 2 is 1.44 bits per heavy atom. The molecular formula is C24H24N4O6S2. The zero-order valence-electron chi connectivity index (χ0n) is 19.1. The first-order chi connectivity index (χ1) is 17.2. The van der Waals surface area contributed by atoms with Crippen LogP contribution in [0.4, 0.5) is 17.1 Å². The van der Waals surface area contributed by atoms with Crippen LogP contribution in [-0.2, 0) is 20.0 Å². The van der Waals surface area contributed by atoms with Crippen LogP contribution in [0.15, 0.2) is 89.2 Å². The lowest BCUT2D eigenvalue weighted by Crippen LogP contribution is -2.48. The molecule has 1 heterocycles. The highest BCUT2D eigenvalue weighted by atomic mass is 32.2. The quantitative estimate of drug-likeness (QED) is 0.350. The summed E-state index contributed by atoms with van der Waals surface area (Å²) in [5, 5.41) is 12.9. The molecule has 1 aliphatic rings. The molecule has 0 unspecified atom stereocenters. The van der Waals surface area contributed by atoms with Gasteiger partial charge in [-0.2, -0.15) is 4.31 Å². The number of nitro groups is 1. The van der Waals surface area contributed by atoms with E-state index in [1.165, 1.54) is 22.5 Å². The summed E-state index contributed by atoms with van der Waals surface area (Å²) in [5.41, 5.74) is 0.955. The number of benzene rings is 3. The number of para-hydroxylation sites is 1. The molecule has 0 atom stereocenters. The second-order valence-electron chi connectivity index (χ2n) is 8.02. The normalized spacial score (nSPS) is 15.2. The van der Waals surface area contributed by atoms with Crippen molar-refractivity contribution in [2.75, 3.05) is 35.8 Å². The van der Waals surface area contributed by atoms with E-state index in [9.17, 15) is 26.9 Å². The minimum absolute atomic E-state index is 0.133. The van der Waals surface area contributed by atoms with Crippen molar-refractivity contribution in [3.8, 4) is 0 Å². The molecule has 4 rings (SSSR count). The summed E-state index contributed by atoms with van der Waals surface area (Å²) in [6, 6.07) is 21.0. The van der Waals surface area contributed by atoms with Gasteiger partial charge in [0.2, 0.25) is 10.0 Å². The number of nitrogens with zero attached hydrogens (tertiary/aromatic N) is 3. The lowest BCUT2D eigenvalue weighted by molar-refractivity contribution is -0.384. The number of nitro benzene ring substituents is 1. The SMILES string of the molecule is O=[N+]([O-])c1cc(S(=O)(=O)Nc2ccccc2)ccc1N1CCN(S(=O)(=O)C=Cc2ccccc2)CC1. The molecule has 0 saturated carbocycles. The predicted molar refractivity (Wildman–Crippen MR) is 139 cm³/mol. The molecule has 0 radical (unpaired) electrons. The Bertz CT molecular complexity index is 1470. The number of rotatable bonds is 8. The van der Waals surface area contributed by atoms with Gasteiger partial charge >= 0.3 is 0 Å². The van der Waals surface area contributed by atoms with E-state index >= 15 is 0 Å². The Morgan fingerprint density at radius 3 is 2.06 bits per heavy atom. The summed E-state index contributed by atoms with van der Waals surface area (Å²) in [4.78, 5) is 12.6. The average Bonchev–Trinajstić information content (AvgIpc) is 2.88. The van der Waals surface area contributed by atoms with Crippen molar-refractivity contribution in [3.63, 3.8) is 0 Å². The average molecular weight is 529 g/mol. The minimum atomic E-state index is -4.04. The van der Waals surface area contributed by atoms with E-state index in [2.05, 4.69) is 4.72 Å². The van der Waals surface area contributed by atoms with Gasteiger partial charge in [-0.25, -0.2) is 16.8 Å². The highest BCUT2D eigenvalue weighted by Crippen LogP contribution is 2.32. The van der Waals surface area contributed by atoms with Gasteiger partial charge in [-0.15, -0.1) is 0 Å². The first-order valence-corrected chi connectivity index (χ1v) is 14.0. The zero-order valence-corrected chi connectivity index (χ0v) is 20.7. The van der Waals surface area contributed by atoms with Crippen molar-refractivity contribution >= 4 is 43.2 Å². The Morgan fingerprint density at radius 1 is 0.833 bits per heavy atom. The Kier molecular flexibility index (Phi) is 7.38. The largest absolute Gasteiger partial charge is 0.363 e. The molecule has 3 aromatic carbocycles. The maximum atomic E-state index is 12.8. The van der Waals surface area contributed by atoms with Crippen molar-refractivity contribution in [1.29, 1.82) is 0 Å². The number of nitrogens with one attached hydrogen (secondary N) is 1. The van der Waals surface area contributed by atoms with Gasteiger partial charge in [0.1, 0.15) is 5.69 Å². The van der Waals surface area contributed by atoms with Crippen LogP contribution in [0.2, 0.25) is 0 Å². The van der Waals surface area contributed by atoms with E-state index in [-0.39, 0.29) is 42.4 Å². The summed E-state index contributed by atoms with van der Waals surface area (Å²) in [5.74, 6) is 0. The third-order valence-corrected chi connectivity index (χ3v) is 8.60. The first kappa shape index (κ1) is 25.4.